The lowest BCUT2D eigenvalue weighted by Crippen LogP contribution is -2.27. The van der Waals surface area contributed by atoms with Crippen molar-refractivity contribution in [1.82, 2.24) is 4.98 Å². The second-order valence-corrected chi connectivity index (χ2v) is 8.33. The van der Waals surface area contributed by atoms with E-state index >= 15 is 0 Å². The molecule has 32 heavy (non-hydrogen) atoms. The van der Waals surface area contributed by atoms with E-state index in [1.807, 2.05) is 0 Å². The summed E-state index contributed by atoms with van der Waals surface area (Å²) in [5.74, 6) is -0.356. The molecule has 0 fully saturated rings. The molecule has 7 nitrogen and oxygen atoms in total. The van der Waals surface area contributed by atoms with Crippen molar-refractivity contribution >= 4 is 41.3 Å². The number of aromatic nitrogens is 1. The Kier molecular flexibility index (Phi) is 6.90. The number of hydrogen-bond acceptors (Lipinski definition) is 5. The van der Waals surface area contributed by atoms with Crippen molar-refractivity contribution < 1.29 is 19.1 Å². The first kappa shape index (κ1) is 23.0. The van der Waals surface area contributed by atoms with Crippen LogP contribution in [0.25, 0.3) is 11.3 Å². The summed E-state index contributed by atoms with van der Waals surface area (Å²) in [6.07, 6.45) is 1.49. The predicted molar refractivity (Wildman–Crippen MR) is 124 cm³/mol. The number of aldehydes is 1. The van der Waals surface area contributed by atoms with Crippen molar-refractivity contribution in [3.8, 4) is 11.3 Å². The zero-order valence-corrected chi connectivity index (χ0v) is 18.6. The maximum Gasteiger partial charge on any atom is 0.412 e. The maximum atomic E-state index is 12.7. The molecule has 1 heterocycles. The fourth-order valence-corrected chi connectivity index (χ4v) is 3.10. The minimum atomic E-state index is -0.644. The van der Waals surface area contributed by atoms with E-state index in [1.54, 1.807) is 69.3 Å². The normalized spacial score (nSPS) is 10.9. The van der Waals surface area contributed by atoms with Gasteiger partial charge in [0.15, 0.2) is 6.29 Å². The molecule has 0 atom stereocenters. The van der Waals surface area contributed by atoms with Gasteiger partial charge in [-0.15, -0.1) is 0 Å². The Hall–Kier alpha value is -3.71. The van der Waals surface area contributed by atoms with Gasteiger partial charge >= 0.3 is 6.09 Å². The molecule has 164 valence electrons. The van der Waals surface area contributed by atoms with Gasteiger partial charge in [0.05, 0.1) is 22.1 Å². The Morgan fingerprint density at radius 3 is 2.19 bits per heavy atom. The maximum absolute atomic E-state index is 12.7. The SMILES string of the molecule is CC(C)(C)OC(=O)Nc1ccccc1NC(=O)c1ccc(-c2ncc(C=O)cc2Cl)cc1. The van der Waals surface area contributed by atoms with Gasteiger partial charge in [-0.2, -0.15) is 0 Å². The van der Waals surface area contributed by atoms with E-state index in [4.69, 9.17) is 16.3 Å². The van der Waals surface area contributed by atoms with Crippen molar-refractivity contribution in [2.24, 2.45) is 0 Å². The molecule has 2 aromatic carbocycles. The largest absolute Gasteiger partial charge is 0.444 e. The van der Waals surface area contributed by atoms with Crippen LogP contribution in [-0.4, -0.2) is 28.9 Å². The number of nitrogens with one attached hydrogen (secondary N) is 2. The van der Waals surface area contributed by atoms with Gasteiger partial charge in [-0.3, -0.25) is 19.9 Å². The Bertz CT molecular complexity index is 1150. The van der Waals surface area contributed by atoms with Gasteiger partial charge in [0, 0.05) is 22.9 Å². The number of pyridine rings is 1. The summed E-state index contributed by atoms with van der Waals surface area (Å²) in [5.41, 5.74) is 2.21. The van der Waals surface area contributed by atoms with E-state index in [1.165, 1.54) is 12.3 Å². The second-order valence-electron chi connectivity index (χ2n) is 7.92. The highest BCUT2D eigenvalue weighted by molar-refractivity contribution is 6.33. The lowest BCUT2D eigenvalue weighted by Gasteiger charge is -2.20. The van der Waals surface area contributed by atoms with Gasteiger partial charge in [0.2, 0.25) is 0 Å². The summed E-state index contributed by atoms with van der Waals surface area (Å²) in [7, 11) is 0. The van der Waals surface area contributed by atoms with Crippen LogP contribution in [0.15, 0.2) is 60.8 Å². The molecule has 0 saturated carbocycles. The van der Waals surface area contributed by atoms with Crippen molar-refractivity contribution in [2.75, 3.05) is 10.6 Å². The molecule has 0 aliphatic carbocycles. The first-order valence-electron chi connectivity index (χ1n) is 9.78. The first-order chi connectivity index (χ1) is 15.2. The van der Waals surface area contributed by atoms with Gasteiger partial charge in [-0.1, -0.05) is 35.9 Å². The molecule has 0 saturated heterocycles. The number of amides is 2. The van der Waals surface area contributed by atoms with E-state index in [-0.39, 0.29) is 5.91 Å². The fraction of sp³-hybridized carbons (Fsp3) is 0.167. The predicted octanol–water partition coefficient (Wildman–Crippen LogP) is 5.81. The zero-order chi connectivity index (χ0) is 23.3. The lowest BCUT2D eigenvalue weighted by atomic mass is 10.1. The molecule has 0 spiro atoms. The summed E-state index contributed by atoms with van der Waals surface area (Å²) >= 11 is 6.21. The van der Waals surface area contributed by atoms with Gasteiger partial charge in [0.1, 0.15) is 5.60 Å². The zero-order valence-electron chi connectivity index (χ0n) is 17.8. The highest BCUT2D eigenvalue weighted by atomic mass is 35.5. The molecule has 0 radical (unpaired) electrons. The molecule has 1 aromatic heterocycles. The van der Waals surface area contributed by atoms with E-state index in [0.717, 1.165) is 0 Å². The lowest BCUT2D eigenvalue weighted by molar-refractivity contribution is 0.0635. The molecule has 0 bridgehead atoms. The molecular formula is C24H22ClN3O4. The first-order valence-corrected chi connectivity index (χ1v) is 10.2. The van der Waals surface area contributed by atoms with Crippen LogP contribution in [0.3, 0.4) is 0 Å². The molecule has 2 N–H and O–H groups in total. The van der Waals surface area contributed by atoms with Crippen LogP contribution in [-0.2, 0) is 4.74 Å². The van der Waals surface area contributed by atoms with Crippen LogP contribution < -0.4 is 10.6 Å². The molecule has 0 aliphatic heterocycles. The number of rotatable bonds is 5. The monoisotopic (exact) mass is 451 g/mol. The third-order valence-corrected chi connectivity index (χ3v) is 4.52. The van der Waals surface area contributed by atoms with Gasteiger partial charge in [-0.05, 0) is 51.1 Å². The van der Waals surface area contributed by atoms with Crippen molar-refractivity contribution in [3.05, 3.63) is 76.9 Å². The Balaban J connectivity index is 1.74. The Morgan fingerprint density at radius 1 is 1.00 bits per heavy atom. The number of para-hydroxylation sites is 2. The number of carbonyl (C=O) groups is 3. The minimum Gasteiger partial charge on any atom is -0.444 e. The van der Waals surface area contributed by atoms with Gasteiger partial charge in [0.25, 0.3) is 5.91 Å². The van der Waals surface area contributed by atoms with E-state index in [0.29, 0.717) is 45.1 Å². The number of nitrogens with zero attached hydrogens (tertiary/aromatic N) is 1. The fourth-order valence-electron chi connectivity index (χ4n) is 2.82. The number of ether oxygens (including phenoxy) is 1. The Morgan fingerprint density at radius 2 is 1.62 bits per heavy atom. The molecular weight excluding hydrogens is 430 g/mol. The average molecular weight is 452 g/mol. The van der Waals surface area contributed by atoms with Crippen molar-refractivity contribution in [2.45, 2.75) is 26.4 Å². The molecule has 8 heteroatoms. The van der Waals surface area contributed by atoms with E-state index in [9.17, 15) is 14.4 Å². The summed E-state index contributed by atoms with van der Waals surface area (Å²) in [6, 6.07) is 15.1. The molecule has 0 unspecified atom stereocenters. The summed E-state index contributed by atoms with van der Waals surface area (Å²) < 4.78 is 5.27. The quantitative estimate of drug-likeness (QED) is 0.477. The van der Waals surface area contributed by atoms with Crippen LogP contribution >= 0.6 is 11.6 Å². The number of carbonyl (C=O) groups excluding carboxylic acids is 3. The van der Waals surface area contributed by atoms with Gasteiger partial charge < -0.3 is 10.1 Å². The highest BCUT2D eigenvalue weighted by Gasteiger charge is 2.18. The third kappa shape index (κ3) is 5.92. The third-order valence-electron chi connectivity index (χ3n) is 4.23. The summed E-state index contributed by atoms with van der Waals surface area (Å²) in [5, 5.41) is 5.78. The van der Waals surface area contributed by atoms with Crippen molar-refractivity contribution in [3.63, 3.8) is 0 Å². The van der Waals surface area contributed by atoms with Crippen LogP contribution in [0.5, 0.6) is 0 Å². The topological polar surface area (TPSA) is 97.4 Å². The number of anilines is 2. The van der Waals surface area contributed by atoms with Gasteiger partial charge in [-0.25, -0.2) is 4.79 Å². The van der Waals surface area contributed by atoms with Crippen LogP contribution in [0.4, 0.5) is 16.2 Å². The molecule has 3 aromatic rings. The molecule has 0 aliphatic rings. The standard InChI is InChI=1S/C24H22ClN3O4/c1-24(2,3)32-23(31)28-20-7-5-4-6-19(20)27-22(30)17-10-8-16(9-11-17)21-18(25)12-15(14-29)13-26-21/h4-14H,1-3H3,(H,27,30)(H,28,31). The van der Waals surface area contributed by atoms with E-state index < -0.39 is 11.7 Å². The average Bonchev–Trinajstić information content (AvgIpc) is 2.74. The number of halogens is 1. The molecule has 2 amide bonds. The second kappa shape index (κ2) is 9.62. The highest BCUT2D eigenvalue weighted by Crippen LogP contribution is 2.27. The summed E-state index contributed by atoms with van der Waals surface area (Å²) in [4.78, 5) is 39.9. The Labute approximate surface area is 190 Å². The minimum absolute atomic E-state index is 0.342. The van der Waals surface area contributed by atoms with E-state index in [2.05, 4.69) is 15.6 Å². The van der Waals surface area contributed by atoms with Crippen LogP contribution in [0.2, 0.25) is 5.02 Å². The van der Waals surface area contributed by atoms with Crippen LogP contribution in [0.1, 0.15) is 41.5 Å². The van der Waals surface area contributed by atoms with Crippen LogP contribution in [0, 0.1) is 0 Å². The number of hydrogen-bond donors (Lipinski definition) is 2. The molecule has 3 rings (SSSR count). The van der Waals surface area contributed by atoms with Crippen molar-refractivity contribution in [1.29, 1.82) is 0 Å². The summed E-state index contributed by atoms with van der Waals surface area (Å²) in [6.45, 7) is 5.30. The number of benzene rings is 2. The smallest absolute Gasteiger partial charge is 0.412 e.